The van der Waals surface area contributed by atoms with Crippen molar-refractivity contribution in [1.82, 2.24) is 0 Å². The summed E-state index contributed by atoms with van der Waals surface area (Å²) in [5.74, 6) is -0.973. The molecule has 0 spiro atoms. The molecule has 0 aliphatic rings. The van der Waals surface area contributed by atoms with Crippen LogP contribution in [-0.2, 0) is 4.79 Å². The van der Waals surface area contributed by atoms with Gasteiger partial charge in [-0.25, -0.2) is 0 Å². The Kier molecular flexibility index (Phi) is 6.40. The third kappa shape index (κ3) is 4.14. The summed E-state index contributed by atoms with van der Waals surface area (Å²) < 4.78 is 5.15. The van der Waals surface area contributed by atoms with E-state index < -0.39 is 12.1 Å². The van der Waals surface area contributed by atoms with Gasteiger partial charge in [-0.3, -0.25) is 4.79 Å². The Balaban J connectivity index is 0.00000256. The number of hydrogen-bond donors (Lipinski definition) is 1. The topological polar surface area (TPSA) is 92.5 Å². The first-order chi connectivity index (χ1) is 7.58. The minimum atomic E-state index is -1.28. The first kappa shape index (κ1) is 15.6. The Morgan fingerprint density at radius 2 is 2.24 bits per heavy atom. The molecule has 0 bridgehead atoms. The Labute approximate surface area is 111 Å². The number of aldehydes is 1. The summed E-state index contributed by atoms with van der Waals surface area (Å²) >= 11 is 0. The number of rotatable bonds is 5. The van der Waals surface area contributed by atoms with Gasteiger partial charge >= 0.3 is 18.9 Å². The van der Waals surface area contributed by atoms with E-state index in [0.717, 1.165) is 0 Å². The predicted molar refractivity (Wildman–Crippen MR) is 56.0 cm³/mol. The molecule has 1 atom stereocenters. The fourth-order valence-electron chi connectivity index (χ4n) is 1.20. The molecule has 0 aliphatic heterocycles. The maximum atomic E-state index is 10.6. The monoisotopic (exact) mass is 229 g/mol. The first-order valence-corrected chi connectivity index (χ1v) is 4.80. The Bertz CT molecular complexity index is 408. The van der Waals surface area contributed by atoms with Crippen molar-refractivity contribution in [3.05, 3.63) is 23.8 Å². The number of carboxylic acids is 1. The van der Waals surface area contributed by atoms with Crippen LogP contribution < -0.4 is 34.4 Å². The van der Waals surface area contributed by atoms with E-state index in [0.29, 0.717) is 17.6 Å². The Morgan fingerprint density at radius 1 is 1.59 bits per heavy atom. The molecule has 6 heteroatoms. The predicted octanol–water partition coefficient (Wildman–Crippen LogP) is -3.01. The standard InChI is InChI=1S/C11H13NO4.Li/c1-2-10(11(14)15)16-8-4-3-7(6-13)9(12)5-8;/h3-6,10H,2,12H2,1H3,(H,14,15);/q;+1/p-1. The van der Waals surface area contributed by atoms with E-state index in [2.05, 4.69) is 0 Å². The van der Waals surface area contributed by atoms with Crippen molar-refractivity contribution in [3.8, 4) is 5.75 Å². The number of carboxylic acid groups (broad SMARTS) is 1. The number of benzene rings is 1. The summed E-state index contributed by atoms with van der Waals surface area (Å²) in [5, 5.41) is 10.6. The smallest absolute Gasteiger partial charge is 0.546 e. The zero-order chi connectivity index (χ0) is 12.1. The van der Waals surface area contributed by atoms with Gasteiger partial charge in [0.2, 0.25) is 0 Å². The molecule has 86 valence electrons. The summed E-state index contributed by atoms with van der Waals surface area (Å²) in [7, 11) is 0. The van der Waals surface area contributed by atoms with Crippen LogP contribution in [0.25, 0.3) is 0 Å². The van der Waals surface area contributed by atoms with Gasteiger partial charge in [0.1, 0.15) is 11.9 Å². The number of aliphatic carboxylic acids is 1. The third-order valence-electron chi connectivity index (χ3n) is 2.10. The number of hydrogen-bond acceptors (Lipinski definition) is 5. The van der Waals surface area contributed by atoms with Crippen LogP contribution in [0, 0.1) is 0 Å². The van der Waals surface area contributed by atoms with Crippen molar-refractivity contribution in [2.75, 3.05) is 5.73 Å². The van der Waals surface area contributed by atoms with E-state index >= 15 is 0 Å². The van der Waals surface area contributed by atoms with Crippen LogP contribution in [0.3, 0.4) is 0 Å². The van der Waals surface area contributed by atoms with Gasteiger partial charge in [0, 0.05) is 17.3 Å². The van der Waals surface area contributed by atoms with Crippen LogP contribution in [0.15, 0.2) is 18.2 Å². The quantitative estimate of drug-likeness (QED) is 0.330. The average molecular weight is 229 g/mol. The fourth-order valence-corrected chi connectivity index (χ4v) is 1.20. The Hall–Kier alpha value is -1.44. The molecule has 1 unspecified atom stereocenters. The molecule has 1 aromatic rings. The number of ether oxygens (including phenoxy) is 1. The van der Waals surface area contributed by atoms with Gasteiger partial charge < -0.3 is 20.4 Å². The van der Waals surface area contributed by atoms with Crippen molar-refractivity contribution < 1.29 is 38.3 Å². The summed E-state index contributed by atoms with van der Waals surface area (Å²) in [4.78, 5) is 21.1. The van der Waals surface area contributed by atoms with Crippen LogP contribution in [-0.4, -0.2) is 18.4 Å². The number of carbonyl (C=O) groups is 2. The molecule has 0 heterocycles. The fraction of sp³-hybridized carbons (Fsp3) is 0.273. The molecule has 5 nitrogen and oxygen atoms in total. The van der Waals surface area contributed by atoms with E-state index in [-0.39, 0.29) is 31.0 Å². The van der Waals surface area contributed by atoms with Crippen LogP contribution >= 0.6 is 0 Å². The van der Waals surface area contributed by atoms with E-state index in [1.807, 2.05) is 0 Å². The zero-order valence-corrected chi connectivity index (χ0v) is 9.80. The van der Waals surface area contributed by atoms with E-state index in [1.165, 1.54) is 18.2 Å². The third-order valence-corrected chi connectivity index (χ3v) is 2.10. The second-order valence-electron chi connectivity index (χ2n) is 3.24. The molecule has 0 aromatic heterocycles. The molecule has 0 saturated carbocycles. The minimum Gasteiger partial charge on any atom is -0.546 e. The van der Waals surface area contributed by atoms with Gasteiger partial charge in [0.15, 0.2) is 6.29 Å². The maximum Gasteiger partial charge on any atom is 1.00 e. The van der Waals surface area contributed by atoms with Gasteiger partial charge in [-0.05, 0) is 18.6 Å². The van der Waals surface area contributed by atoms with Crippen molar-refractivity contribution in [1.29, 1.82) is 0 Å². The van der Waals surface area contributed by atoms with Crippen molar-refractivity contribution in [2.45, 2.75) is 19.4 Å². The zero-order valence-electron chi connectivity index (χ0n) is 9.80. The molecule has 17 heavy (non-hydrogen) atoms. The van der Waals surface area contributed by atoms with Crippen molar-refractivity contribution in [2.24, 2.45) is 0 Å². The van der Waals surface area contributed by atoms with Gasteiger partial charge in [-0.2, -0.15) is 0 Å². The normalized spacial score (nSPS) is 11.1. The average Bonchev–Trinajstić information content (AvgIpc) is 2.25. The van der Waals surface area contributed by atoms with Crippen LogP contribution in [0.5, 0.6) is 5.75 Å². The largest absolute Gasteiger partial charge is 1.00 e. The number of nitrogen functional groups attached to an aromatic ring is 1. The van der Waals surface area contributed by atoms with Crippen molar-refractivity contribution in [3.63, 3.8) is 0 Å². The van der Waals surface area contributed by atoms with Gasteiger partial charge in [-0.15, -0.1) is 0 Å². The molecule has 0 fully saturated rings. The Morgan fingerprint density at radius 3 is 2.65 bits per heavy atom. The molecular formula is C11H12LiNO4. The molecule has 0 aliphatic carbocycles. The van der Waals surface area contributed by atoms with Crippen LogP contribution in [0.1, 0.15) is 23.7 Å². The summed E-state index contributed by atoms with van der Waals surface area (Å²) in [5.41, 5.74) is 6.14. The summed E-state index contributed by atoms with van der Waals surface area (Å²) in [6.07, 6.45) is -0.103. The number of nitrogens with two attached hydrogens (primary N) is 1. The second-order valence-corrected chi connectivity index (χ2v) is 3.24. The first-order valence-electron chi connectivity index (χ1n) is 4.80. The van der Waals surface area contributed by atoms with E-state index in [9.17, 15) is 14.7 Å². The molecule has 2 N–H and O–H groups in total. The van der Waals surface area contributed by atoms with Gasteiger partial charge in [0.05, 0.1) is 5.97 Å². The molecule has 0 amide bonds. The SMILES string of the molecule is CCC(Oc1ccc(C=O)c(N)c1)C(=O)[O-].[Li+]. The number of anilines is 1. The maximum absolute atomic E-state index is 10.6. The number of carbonyl (C=O) groups excluding carboxylic acids is 2. The molecule has 1 aromatic carbocycles. The van der Waals surface area contributed by atoms with Gasteiger partial charge in [-0.1, -0.05) is 6.92 Å². The molecule has 0 saturated heterocycles. The second kappa shape index (κ2) is 7.00. The van der Waals surface area contributed by atoms with Crippen LogP contribution in [0.2, 0.25) is 0 Å². The van der Waals surface area contributed by atoms with E-state index in [4.69, 9.17) is 10.5 Å². The van der Waals surface area contributed by atoms with Crippen LogP contribution in [0.4, 0.5) is 5.69 Å². The van der Waals surface area contributed by atoms with Gasteiger partial charge in [0.25, 0.3) is 0 Å². The van der Waals surface area contributed by atoms with E-state index in [1.54, 1.807) is 6.92 Å². The van der Waals surface area contributed by atoms with Crippen molar-refractivity contribution >= 4 is 17.9 Å². The summed E-state index contributed by atoms with van der Waals surface area (Å²) in [6.45, 7) is 1.67. The molecular weight excluding hydrogens is 217 g/mol. The molecule has 0 radical (unpaired) electrons. The minimum absolute atomic E-state index is 0. The summed E-state index contributed by atoms with van der Waals surface area (Å²) in [6, 6.07) is 4.38. The molecule has 1 rings (SSSR count).